The topological polar surface area (TPSA) is 65.1 Å². The zero-order chi connectivity index (χ0) is 23.4. The van der Waals surface area contributed by atoms with E-state index in [0.717, 1.165) is 22.4 Å². The van der Waals surface area contributed by atoms with E-state index in [1.165, 1.54) is 7.11 Å². The number of carbonyl (C=O) groups is 2. The van der Waals surface area contributed by atoms with Gasteiger partial charge in [0, 0.05) is 5.69 Å². The first kappa shape index (κ1) is 22.4. The second-order valence-corrected chi connectivity index (χ2v) is 7.66. The summed E-state index contributed by atoms with van der Waals surface area (Å²) in [6, 6.07) is 20.3. The zero-order valence-corrected chi connectivity index (χ0v) is 19.0. The molecule has 0 aromatic heterocycles. The van der Waals surface area contributed by atoms with Crippen molar-refractivity contribution in [2.45, 2.75) is 26.3 Å². The van der Waals surface area contributed by atoms with Crippen LogP contribution in [-0.2, 0) is 16.0 Å². The van der Waals surface area contributed by atoms with E-state index >= 15 is 0 Å². The van der Waals surface area contributed by atoms with Crippen molar-refractivity contribution in [2.24, 2.45) is 0 Å². The molecule has 0 radical (unpaired) electrons. The van der Waals surface area contributed by atoms with E-state index in [1.54, 1.807) is 12.1 Å². The van der Waals surface area contributed by atoms with Gasteiger partial charge in [-0.15, -0.1) is 0 Å². The second-order valence-electron chi connectivity index (χ2n) is 7.66. The number of hydrogen-bond donors (Lipinski definition) is 0. The third-order valence-corrected chi connectivity index (χ3v) is 5.65. The molecule has 0 saturated carbocycles. The molecule has 0 N–H and O–H groups in total. The van der Waals surface area contributed by atoms with Gasteiger partial charge >= 0.3 is 5.97 Å². The Morgan fingerprint density at radius 1 is 0.939 bits per heavy atom. The van der Waals surface area contributed by atoms with Crippen molar-refractivity contribution >= 4 is 17.6 Å². The maximum atomic E-state index is 13.4. The first-order valence-electron chi connectivity index (χ1n) is 11.0. The van der Waals surface area contributed by atoms with Crippen LogP contribution in [0.4, 0.5) is 5.69 Å². The largest absolute Gasteiger partial charge is 0.490 e. The Hall–Kier alpha value is -3.80. The molecule has 1 aliphatic heterocycles. The van der Waals surface area contributed by atoms with Crippen LogP contribution in [0.1, 0.15) is 46.9 Å². The summed E-state index contributed by atoms with van der Waals surface area (Å²) in [5.74, 6) is 0.874. The quantitative estimate of drug-likeness (QED) is 0.482. The first-order chi connectivity index (χ1) is 16.1. The molecule has 3 aromatic carbocycles. The van der Waals surface area contributed by atoms with Crippen molar-refractivity contribution in [1.29, 1.82) is 0 Å². The fourth-order valence-corrected chi connectivity index (χ4v) is 4.22. The fourth-order valence-electron chi connectivity index (χ4n) is 4.22. The molecule has 1 heterocycles. The average molecular weight is 446 g/mol. The number of rotatable bonds is 7. The lowest BCUT2D eigenvalue weighted by Crippen LogP contribution is -2.41. The molecule has 1 aliphatic rings. The molecule has 1 unspecified atom stereocenters. The normalized spacial score (nSPS) is 15.1. The Balaban J connectivity index is 1.89. The molecule has 0 saturated heterocycles. The van der Waals surface area contributed by atoms with Gasteiger partial charge in [0.15, 0.2) is 11.5 Å². The number of para-hydroxylation sites is 1. The smallest absolute Gasteiger partial charge is 0.337 e. The molecular weight excluding hydrogens is 418 g/mol. The van der Waals surface area contributed by atoms with Gasteiger partial charge < -0.3 is 19.1 Å². The zero-order valence-electron chi connectivity index (χ0n) is 19.0. The lowest BCUT2D eigenvalue weighted by molar-refractivity contribution is -0.118. The molecule has 4 rings (SSSR count). The van der Waals surface area contributed by atoms with Crippen LogP contribution in [-0.4, -0.2) is 32.2 Å². The van der Waals surface area contributed by atoms with E-state index in [1.807, 2.05) is 73.3 Å². The Morgan fingerprint density at radius 3 is 2.18 bits per heavy atom. The van der Waals surface area contributed by atoms with Gasteiger partial charge in [-0.1, -0.05) is 30.3 Å². The Labute approximate surface area is 193 Å². The van der Waals surface area contributed by atoms with Crippen LogP contribution < -0.4 is 14.4 Å². The Kier molecular flexibility index (Phi) is 6.63. The van der Waals surface area contributed by atoms with Gasteiger partial charge in [0.05, 0.1) is 38.3 Å². The van der Waals surface area contributed by atoms with Gasteiger partial charge in [-0.25, -0.2) is 4.79 Å². The Morgan fingerprint density at radius 2 is 1.58 bits per heavy atom. The molecule has 1 atom stereocenters. The second kappa shape index (κ2) is 9.77. The molecule has 33 heavy (non-hydrogen) atoms. The number of amides is 1. The summed E-state index contributed by atoms with van der Waals surface area (Å²) in [5, 5.41) is 0. The molecule has 1 amide bonds. The summed E-state index contributed by atoms with van der Waals surface area (Å²) < 4.78 is 16.5. The summed E-state index contributed by atoms with van der Waals surface area (Å²) in [5.41, 5.74) is 4.02. The van der Waals surface area contributed by atoms with Crippen LogP contribution in [0, 0.1) is 0 Å². The van der Waals surface area contributed by atoms with Crippen molar-refractivity contribution in [3.8, 4) is 11.5 Å². The number of methoxy groups -OCH3 is 1. The Bertz CT molecular complexity index is 1140. The van der Waals surface area contributed by atoms with Crippen molar-refractivity contribution in [3.05, 3.63) is 89.0 Å². The highest BCUT2D eigenvalue weighted by Gasteiger charge is 2.36. The molecule has 0 fully saturated rings. The first-order valence-corrected chi connectivity index (χ1v) is 11.0. The van der Waals surface area contributed by atoms with E-state index in [4.69, 9.17) is 14.2 Å². The fraction of sp³-hybridized carbons (Fsp3) is 0.259. The van der Waals surface area contributed by atoms with Gasteiger partial charge in [0.2, 0.25) is 5.91 Å². The highest BCUT2D eigenvalue weighted by atomic mass is 16.5. The van der Waals surface area contributed by atoms with Crippen molar-refractivity contribution in [3.63, 3.8) is 0 Å². The average Bonchev–Trinajstić information content (AvgIpc) is 2.84. The predicted octanol–water partition coefficient (Wildman–Crippen LogP) is 4.95. The van der Waals surface area contributed by atoms with E-state index < -0.39 is 5.97 Å². The van der Waals surface area contributed by atoms with Crippen LogP contribution in [0.3, 0.4) is 0 Å². The highest BCUT2D eigenvalue weighted by molar-refractivity contribution is 5.98. The lowest BCUT2D eigenvalue weighted by atomic mass is 9.86. The summed E-state index contributed by atoms with van der Waals surface area (Å²) in [7, 11) is 1.36. The van der Waals surface area contributed by atoms with Crippen LogP contribution in [0.25, 0.3) is 0 Å². The van der Waals surface area contributed by atoms with Crippen LogP contribution in [0.5, 0.6) is 11.5 Å². The van der Waals surface area contributed by atoms with E-state index in [0.29, 0.717) is 30.3 Å². The number of fused-ring (bicyclic) bond motifs is 1. The van der Waals surface area contributed by atoms with E-state index in [-0.39, 0.29) is 18.4 Å². The SMILES string of the molecule is CCOc1cc2c(cc1OCC)C(c1ccc(C(=O)OC)cc1)N(c1ccccc1)C(=O)C2. The number of carbonyl (C=O) groups excluding carboxylic acids is 2. The predicted molar refractivity (Wildman–Crippen MR) is 126 cm³/mol. The van der Waals surface area contributed by atoms with Gasteiger partial charge in [-0.05, 0) is 66.9 Å². The number of hydrogen-bond acceptors (Lipinski definition) is 5. The monoisotopic (exact) mass is 445 g/mol. The number of anilines is 1. The molecular formula is C27H27NO5. The molecule has 6 nitrogen and oxygen atoms in total. The van der Waals surface area contributed by atoms with Gasteiger partial charge in [0.1, 0.15) is 0 Å². The van der Waals surface area contributed by atoms with Crippen molar-refractivity contribution < 1.29 is 23.8 Å². The molecule has 0 spiro atoms. The summed E-state index contributed by atoms with van der Waals surface area (Å²) >= 11 is 0. The highest BCUT2D eigenvalue weighted by Crippen LogP contribution is 2.43. The summed E-state index contributed by atoms with van der Waals surface area (Å²) in [6.45, 7) is 4.85. The maximum absolute atomic E-state index is 13.4. The van der Waals surface area contributed by atoms with E-state index in [9.17, 15) is 9.59 Å². The molecule has 0 aliphatic carbocycles. The third-order valence-electron chi connectivity index (χ3n) is 5.65. The molecule has 170 valence electrons. The van der Waals surface area contributed by atoms with Crippen molar-refractivity contribution in [1.82, 2.24) is 0 Å². The lowest BCUT2D eigenvalue weighted by Gasteiger charge is -2.38. The van der Waals surface area contributed by atoms with Gasteiger partial charge in [-0.3, -0.25) is 4.79 Å². The summed E-state index contributed by atoms with van der Waals surface area (Å²) in [4.78, 5) is 27.2. The number of ether oxygens (including phenoxy) is 3. The minimum atomic E-state index is -0.401. The number of nitrogens with zero attached hydrogens (tertiary/aromatic N) is 1. The third kappa shape index (κ3) is 4.42. The molecule has 0 bridgehead atoms. The summed E-state index contributed by atoms with van der Waals surface area (Å²) in [6.07, 6.45) is 0.257. The number of benzene rings is 3. The molecule has 3 aromatic rings. The standard InChI is InChI=1S/C27H27NO5/c1-4-32-23-15-20-16-25(29)28(21-9-7-6-8-10-21)26(22(20)17-24(23)33-5-2)18-11-13-19(14-12-18)27(30)31-3/h6-15,17,26H,4-5,16H2,1-3H3. The van der Waals surface area contributed by atoms with Crippen LogP contribution in [0.2, 0.25) is 0 Å². The molecule has 6 heteroatoms. The van der Waals surface area contributed by atoms with Gasteiger partial charge in [-0.2, -0.15) is 0 Å². The van der Waals surface area contributed by atoms with Crippen molar-refractivity contribution in [2.75, 3.05) is 25.2 Å². The number of esters is 1. The van der Waals surface area contributed by atoms with Crippen LogP contribution in [0.15, 0.2) is 66.7 Å². The van der Waals surface area contributed by atoms with E-state index in [2.05, 4.69) is 0 Å². The van der Waals surface area contributed by atoms with Gasteiger partial charge in [0.25, 0.3) is 0 Å². The minimum Gasteiger partial charge on any atom is -0.490 e. The van der Waals surface area contributed by atoms with Crippen LogP contribution >= 0.6 is 0 Å². The minimum absolute atomic E-state index is 0.0117. The maximum Gasteiger partial charge on any atom is 0.337 e.